The van der Waals surface area contributed by atoms with Gasteiger partial charge in [-0.05, 0) is 56.1 Å². The molecule has 4 aromatic rings. The van der Waals surface area contributed by atoms with Gasteiger partial charge in [-0.25, -0.2) is 4.98 Å². The van der Waals surface area contributed by atoms with Crippen molar-refractivity contribution in [1.82, 2.24) is 14.5 Å². The van der Waals surface area contributed by atoms with Crippen molar-refractivity contribution in [3.63, 3.8) is 0 Å². The van der Waals surface area contributed by atoms with E-state index in [9.17, 15) is 0 Å². The second kappa shape index (κ2) is 8.65. The highest BCUT2D eigenvalue weighted by molar-refractivity contribution is 5.99. The second-order valence-electron chi connectivity index (χ2n) is 7.53. The largest absolute Gasteiger partial charge is 0.497 e. The first-order valence-corrected chi connectivity index (χ1v) is 10.0. The van der Waals surface area contributed by atoms with Crippen LogP contribution in [0.2, 0.25) is 0 Å². The molecule has 160 valence electrons. The summed E-state index contributed by atoms with van der Waals surface area (Å²) in [6, 6.07) is 15.5. The number of fused-ring (bicyclic) bond motifs is 1. The van der Waals surface area contributed by atoms with E-state index in [0.717, 1.165) is 34.7 Å². The molecule has 2 heterocycles. The number of aromatic nitrogens is 2. The third kappa shape index (κ3) is 4.04. The normalized spacial score (nSPS) is 11.3. The van der Waals surface area contributed by atoms with Crippen LogP contribution in [0.15, 0.2) is 59.3 Å². The van der Waals surface area contributed by atoms with E-state index in [1.54, 1.807) is 20.5 Å². The summed E-state index contributed by atoms with van der Waals surface area (Å²) in [5.74, 6) is 2.22. The van der Waals surface area contributed by atoms with E-state index in [2.05, 4.69) is 9.88 Å². The third-order valence-corrected chi connectivity index (χ3v) is 5.25. The number of hydrogen-bond acceptors (Lipinski definition) is 6. The molecule has 0 radical (unpaired) electrons. The minimum Gasteiger partial charge on any atom is -0.497 e. The number of furan rings is 1. The first-order valence-electron chi connectivity index (χ1n) is 10.0. The van der Waals surface area contributed by atoms with Crippen LogP contribution in [0.1, 0.15) is 0 Å². The van der Waals surface area contributed by atoms with E-state index in [4.69, 9.17) is 19.3 Å². The van der Waals surface area contributed by atoms with E-state index >= 15 is 0 Å². The van der Waals surface area contributed by atoms with Crippen LogP contribution >= 0.6 is 0 Å². The van der Waals surface area contributed by atoms with Crippen LogP contribution in [0.25, 0.3) is 33.6 Å². The minimum atomic E-state index is 0.376. The van der Waals surface area contributed by atoms with Gasteiger partial charge in [0.25, 0.3) is 0 Å². The van der Waals surface area contributed by atoms with Gasteiger partial charge < -0.3 is 23.4 Å². The molecule has 0 aliphatic heterocycles. The molecule has 0 aliphatic rings. The molecule has 2 aromatic heterocycles. The standard InChI is InChI=1S/C24H26N4O3/c1-27(2)13-14-28-15-26-24-21(23(28)25)20(16-5-9-18(29-3)10-6-16)22(31-24)17-7-11-19(30-4)12-8-17/h5-12,15,25H,13-14H2,1-4H3. The number of nitrogens with zero attached hydrogens (tertiary/aromatic N) is 3. The van der Waals surface area contributed by atoms with Gasteiger partial charge in [-0.1, -0.05) is 12.1 Å². The van der Waals surface area contributed by atoms with Crippen molar-refractivity contribution in [2.45, 2.75) is 6.54 Å². The Morgan fingerprint density at radius 1 is 0.935 bits per heavy atom. The van der Waals surface area contributed by atoms with Gasteiger partial charge >= 0.3 is 0 Å². The Kier molecular flexibility index (Phi) is 5.77. The van der Waals surface area contributed by atoms with E-state index in [1.807, 2.05) is 67.2 Å². The first-order chi connectivity index (χ1) is 15.0. The maximum Gasteiger partial charge on any atom is 0.232 e. The number of benzene rings is 2. The number of methoxy groups -OCH3 is 2. The molecule has 0 amide bonds. The molecule has 0 aliphatic carbocycles. The summed E-state index contributed by atoms with van der Waals surface area (Å²) in [6.07, 6.45) is 1.67. The number of rotatable bonds is 7. The molecular formula is C24H26N4O3. The summed E-state index contributed by atoms with van der Waals surface area (Å²) < 4.78 is 18.7. The summed E-state index contributed by atoms with van der Waals surface area (Å²) in [6.45, 7) is 1.48. The van der Waals surface area contributed by atoms with E-state index < -0.39 is 0 Å². The summed E-state index contributed by atoms with van der Waals surface area (Å²) in [5.41, 5.74) is 3.50. The molecule has 0 atom stereocenters. The molecule has 0 fully saturated rings. The predicted octanol–water partition coefficient (Wildman–Crippen LogP) is 4.02. The number of ether oxygens (including phenoxy) is 2. The number of nitrogens with one attached hydrogen (secondary N) is 1. The molecule has 0 bridgehead atoms. The summed E-state index contributed by atoms with van der Waals surface area (Å²) in [5, 5.41) is 9.58. The quantitative estimate of drug-likeness (QED) is 0.491. The lowest BCUT2D eigenvalue weighted by Gasteiger charge is -2.12. The number of hydrogen-bond donors (Lipinski definition) is 1. The Labute approximate surface area is 181 Å². The molecule has 0 saturated carbocycles. The lowest BCUT2D eigenvalue weighted by atomic mass is 9.99. The molecule has 2 aromatic carbocycles. The zero-order chi connectivity index (χ0) is 22.0. The predicted molar refractivity (Wildman–Crippen MR) is 120 cm³/mol. The van der Waals surface area contributed by atoms with Crippen LogP contribution in [-0.2, 0) is 6.54 Å². The van der Waals surface area contributed by atoms with Crippen molar-refractivity contribution in [1.29, 1.82) is 5.41 Å². The fourth-order valence-corrected chi connectivity index (χ4v) is 3.51. The molecule has 0 saturated heterocycles. The van der Waals surface area contributed by atoms with Crippen LogP contribution < -0.4 is 15.0 Å². The van der Waals surface area contributed by atoms with Gasteiger partial charge in [-0.3, -0.25) is 5.41 Å². The van der Waals surface area contributed by atoms with E-state index in [1.165, 1.54) is 0 Å². The molecule has 7 heteroatoms. The van der Waals surface area contributed by atoms with Crippen LogP contribution in [-0.4, -0.2) is 49.3 Å². The van der Waals surface area contributed by atoms with Crippen molar-refractivity contribution in [2.24, 2.45) is 0 Å². The maximum absolute atomic E-state index is 8.89. The molecular weight excluding hydrogens is 392 g/mol. The Hall–Kier alpha value is -3.58. The smallest absolute Gasteiger partial charge is 0.232 e. The van der Waals surface area contributed by atoms with Gasteiger partial charge in [-0.15, -0.1) is 0 Å². The molecule has 31 heavy (non-hydrogen) atoms. The highest BCUT2D eigenvalue weighted by Crippen LogP contribution is 2.39. The van der Waals surface area contributed by atoms with Crippen molar-refractivity contribution < 1.29 is 13.9 Å². The highest BCUT2D eigenvalue weighted by Gasteiger charge is 2.21. The molecule has 0 unspecified atom stereocenters. The fraction of sp³-hybridized carbons (Fsp3) is 0.250. The average molecular weight is 418 g/mol. The van der Waals surface area contributed by atoms with Gasteiger partial charge in [-0.2, -0.15) is 0 Å². The summed E-state index contributed by atoms with van der Waals surface area (Å²) in [7, 11) is 7.31. The van der Waals surface area contributed by atoms with Gasteiger partial charge in [0, 0.05) is 24.2 Å². The molecule has 0 spiro atoms. The Bertz CT molecular complexity index is 1240. The Balaban J connectivity index is 1.95. The molecule has 7 nitrogen and oxygen atoms in total. The van der Waals surface area contributed by atoms with Crippen molar-refractivity contribution >= 4 is 11.1 Å². The van der Waals surface area contributed by atoms with Gasteiger partial charge in [0.05, 0.1) is 19.6 Å². The molecule has 4 rings (SSSR count). The highest BCUT2D eigenvalue weighted by atomic mass is 16.5. The third-order valence-electron chi connectivity index (χ3n) is 5.25. The SMILES string of the molecule is COc1ccc(-c2oc3ncn(CCN(C)C)c(=N)c3c2-c2ccc(OC)cc2)cc1. The van der Waals surface area contributed by atoms with Gasteiger partial charge in [0.1, 0.15) is 29.1 Å². The van der Waals surface area contributed by atoms with Gasteiger partial charge in [0.15, 0.2) is 0 Å². The average Bonchev–Trinajstić information content (AvgIpc) is 3.19. The second-order valence-corrected chi connectivity index (χ2v) is 7.53. The molecule has 1 N–H and O–H groups in total. The van der Waals surface area contributed by atoms with Crippen LogP contribution in [0, 0.1) is 5.41 Å². The van der Waals surface area contributed by atoms with Crippen molar-refractivity contribution in [3.05, 3.63) is 60.3 Å². The summed E-state index contributed by atoms with van der Waals surface area (Å²) >= 11 is 0. The monoisotopic (exact) mass is 418 g/mol. The lowest BCUT2D eigenvalue weighted by Crippen LogP contribution is -2.26. The zero-order valence-electron chi connectivity index (χ0n) is 18.2. The van der Waals surface area contributed by atoms with Gasteiger partial charge in [0.2, 0.25) is 5.71 Å². The number of likely N-dealkylation sites (N-methyl/N-ethyl adjacent to an activating group) is 1. The fourth-order valence-electron chi connectivity index (χ4n) is 3.51. The maximum atomic E-state index is 8.89. The zero-order valence-corrected chi connectivity index (χ0v) is 18.2. The Morgan fingerprint density at radius 3 is 2.06 bits per heavy atom. The summed E-state index contributed by atoms with van der Waals surface area (Å²) in [4.78, 5) is 6.61. The van der Waals surface area contributed by atoms with Crippen molar-refractivity contribution in [2.75, 3.05) is 34.9 Å². The van der Waals surface area contributed by atoms with E-state index in [-0.39, 0.29) is 0 Å². The van der Waals surface area contributed by atoms with Crippen molar-refractivity contribution in [3.8, 4) is 33.9 Å². The first kappa shape index (κ1) is 20.7. The Morgan fingerprint density at radius 2 is 1.52 bits per heavy atom. The topological polar surface area (TPSA) is 76.5 Å². The van der Waals surface area contributed by atoms with Crippen LogP contribution in [0.4, 0.5) is 0 Å². The van der Waals surface area contributed by atoms with E-state index in [0.29, 0.717) is 28.9 Å². The lowest BCUT2D eigenvalue weighted by molar-refractivity contribution is 0.378. The van der Waals surface area contributed by atoms with Crippen LogP contribution in [0.3, 0.4) is 0 Å². The van der Waals surface area contributed by atoms with Crippen LogP contribution in [0.5, 0.6) is 11.5 Å². The minimum absolute atomic E-state index is 0.376.